The van der Waals surface area contributed by atoms with Crippen molar-refractivity contribution in [2.75, 3.05) is 6.54 Å². The highest BCUT2D eigenvalue weighted by Crippen LogP contribution is 2.07. The number of carbonyl (C=O) groups excluding carboxylic acids is 1. The Morgan fingerprint density at radius 1 is 1.10 bits per heavy atom. The van der Waals surface area contributed by atoms with Crippen LogP contribution in [0.1, 0.15) is 66.2 Å². The number of amides is 2. The minimum atomic E-state index is -0.955. The van der Waals surface area contributed by atoms with E-state index in [1.165, 1.54) is 0 Å². The first-order valence-corrected chi connectivity index (χ1v) is 7.73. The lowest BCUT2D eigenvalue weighted by Gasteiger charge is -2.28. The number of carboxylic acid groups (broad SMARTS) is 1. The van der Waals surface area contributed by atoms with Crippen molar-refractivity contribution in [3.8, 4) is 0 Å². The summed E-state index contributed by atoms with van der Waals surface area (Å²) >= 11 is 0. The fourth-order valence-electron chi connectivity index (χ4n) is 2.02. The van der Waals surface area contributed by atoms with Gasteiger partial charge in [-0.1, -0.05) is 39.5 Å². The first-order valence-electron chi connectivity index (χ1n) is 7.73. The predicted molar refractivity (Wildman–Crippen MR) is 80.8 cm³/mol. The fourth-order valence-corrected chi connectivity index (χ4v) is 2.02. The van der Waals surface area contributed by atoms with E-state index < -0.39 is 12.0 Å². The molecule has 0 aliphatic carbocycles. The molecule has 0 aromatic rings. The van der Waals surface area contributed by atoms with Gasteiger partial charge in [-0.05, 0) is 26.7 Å². The third-order valence-corrected chi connectivity index (χ3v) is 3.33. The number of aliphatic carboxylic acids is 1. The lowest BCUT2D eigenvalue weighted by atomic mass is 10.1. The van der Waals surface area contributed by atoms with Gasteiger partial charge in [-0.25, -0.2) is 9.59 Å². The second-order valence-electron chi connectivity index (χ2n) is 5.48. The molecule has 0 rings (SSSR count). The minimum Gasteiger partial charge on any atom is -0.480 e. The average molecular weight is 286 g/mol. The largest absolute Gasteiger partial charge is 0.480 e. The molecule has 0 unspecified atom stereocenters. The molecular formula is C15H30N2O3. The van der Waals surface area contributed by atoms with Crippen LogP contribution in [-0.2, 0) is 4.79 Å². The van der Waals surface area contributed by atoms with Crippen LogP contribution in [0.15, 0.2) is 0 Å². The molecule has 0 bridgehead atoms. The number of rotatable bonds is 10. The standard InChI is InChI=1S/C15H30N2O3/c1-5-7-9-11-17(12(3)4)15(20)16-13(14(18)19)10-8-6-2/h12-13H,5-11H2,1-4H3,(H,16,20)(H,18,19)/t13-/m0/s1. The quantitative estimate of drug-likeness (QED) is 0.606. The Bertz CT molecular complexity index is 293. The lowest BCUT2D eigenvalue weighted by Crippen LogP contribution is -2.50. The number of nitrogens with one attached hydrogen (secondary N) is 1. The Morgan fingerprint density at radius 3 is 2.15 bits per heavy atom. The smallest absolute Gasteiger partial charge is 0.326 e. The van der Waals surface area contributed by atoms with E-state index in [0.29, 0.717) is 13.0 Å². The summed E-state index contributed by atoms with van der Waals surface area (Å²) in [5.74, 6) is -0.955. The molecule has 0 spiro atoms. The molecule has 20 heavy (non-hydrogen) atoms. The molecule has 0 saturated carbocycles. The Hall–Kier alpha value is -1.26. The second-order valence-corrected chi connectivity index (χ2v) is 5.48. The number of nitrogens with zero attached hydrogens (tertiary/aromatic N) is 1. The van der Waals surface area contributed by atoms with E-state index in [4.69, 9.17) is 5.11 Å². The summed E-state index contributed by atoms with van der Waals surface area (Å²) in [4.78, 5) is 25.1. The molecule has 5 nitrogen and oxygen atoms in total. The van der Waals surface area contributed by atoms with Gasteiger partial charge in [0.1, 0.15) is 6.04 Å². The van der Waals surface area contributed by atoms with E-state index in [1.54, 1.807) is 4.90 Å². The van der Waals surface area contributed by atoms with Gasteiger partial charge in [0.25, 0.3) is 0 Å². The molecule has 0 radical (unpaired) electrons. The number of carbonyl (C=O) groups is 2. The number of carboxylic acids is 1. The van der Waals surface area contributed by atoms with Crippen molar-refractivity contribution in [3.63, 3.8) is 0 Å². The van der Waals surface area contributed by atoms with Crippen LogP contribution in [0.3, 0.4) is 0 Å². The van der Waals surface area contributed by atoms with Crippen molar-refractivity contribution in [1.82, 2.24) is 10.2 Å². The Kier molecular flexibility index (Phi) is 9.86. The van der Waals surface area contributed by atoms with Crippen LogP contribution >= 0.6 is 0 Å². The summed E-state index contributed by atoms with van der Waals surface area (Å²) in [7, 11) is 0. The van der Waals surface area contributed by atoms with Gasteiger partial charge in [0.15, 0.2) is 0 Å². The SMILES string of the molecule is CCCCCN(C(=O)N[C@@H](CCCC)C(=O)O)C(C)C. The highest BCUT2D eigenvalue weighted by molar-refractivity contribution is 5.82. The number of hydrogen-bond acceptors (Lipinski definition) is 2. The molecule has 0 heterocycles. The van der Waals surface area contributed by atoms with Gasteiger partial charge in [0, 0.05) is 12.6 Å². The van der Waals surface area contributed by atoms with Gasteiger partial charge in [-0.15, -0.1) is 0 Å². The van der Waals surface area contributed by atoms with Gasteiger partial charge in [0.2, 0.25) is 0 Å². The van der Waals surface area contributed by atoms with Crippen LogP contribution in [-0.4, -0.2) is 40.6 Å². The van der Waals surface area contributed by atoms with Crippen LogP contribution in [0.4, 0.5) is 4.79 Å². The molecular weight excluding hydrogens is 256 g/mol. The van der Waals surface area contributed by atoms with Crippen LogP contribution in [0.2, 0.25) is 0 Å². The van der Waals surface area contributed by atoms with Crippen molar-refractivity contribution >= 4 is 12.0 Å². The first kappa shape index (κ1) is 18.7. The highest BCUT2D eigenvalue weighted by Gasteiger charge is 2.23. The molecule has 2 amide bonds. The lowest BCUT2D eigenvalue weighted by molar-refractivity contribution is -0.139. The van der Waals surface area contributed by atoms with Crippen LogP contribution in [0.25, 0.3) is 0 Å². The highest BCUT2D eigenvalue weighted by atomic mass is 16.4. The zero-order valence-corrected chi connectivity index (χ0v) is 13.3. The number of urea groups is 1. The molecule has 0 fully saturated rings. The van der Waals surface area contributed by atoms with Crippen LogP contribution < -0.4 is 5.32 Å². The Labute approximate surface area is 122 Å². The Morgan fingerprint density at radius 2 is 1.70 bits per heavy atom. The predicted octanol–water partition coefficient (Wildman–Crippen LogP) is 3.24. The molecule has 0 saturated heterocycles. The molecule has 0 aliphatic heterocycles. The maximum atomic E-state index is 12.2. The van der Waals surface area contributed by atoms with Crippen molar-refractivity contribution in [2.24, 2.45) is 0 Å². The molecule has 5 heteroatoms. The molecule has 118 valence electrons. The van der Waals surface area contributed by atoms with Crippen molar-refractivity contribution < 1.29 is 14.7 Å². The van der Waals surface area contributed by atoms with Gasteiger partial charge >= 0.3 is 12.0 Å². The van der Waals surface area contributed by atoms with Crippen molar-refractivity contribution in [2.45, 2.75) is 78.3 Å². The average Bonchev–Trinajstić information content (AvgIpc) is 2.38. The summed E-state index contributed by atoms with van der Waals surface area (Å²) in [5.41, 5.74) is 0. The van der Waals surface area contributed by atoms with E-state index in [0.717, 1.165) is 32.1 Å². The van der Waals surface area contributed by atoms with Gasteiger partial charge < -0.3 is 15.3 Å². The van der Waals surface area contributed by atoms with E-state index in [2.05, 4.69) is 12.2 Å². The number of hydrogen-bond donors (Lipinski definition) is 2. The van der Waals surface area contributed by atoms with E-state index in [-0.39, 0.29) is 12.1 Å². The summed E-state index contributed by atoms with van der Waals surface area (Å²) in [6.45, 7) is 8.70. The van der Waals surface area contributed by atoms with E-state index in [9.17, 15) is 9.59 Å². The minimum absolute atomic E-state index is 0.0764. The van der Waals surface area contributed by atoms with Crippen molar-refractivity contribution in [3.05, 3.63) is 0 Å². The van der Waals surface area contributed by atoms with Gasteiger partial charge in [-0.3, -0.25) is 0 Å². The zero-order valence-electron chi connectivity index (χ0n) is 13.3. The monoisotopic (exact) mass is 286 g/mol. The van der Waals surface area contributed by atoms with E-state index in [1.807, 2.05) is 20.8 Å². The third-order valence-electron chi connectivity index (χ3n) is 3.33. The summed E-state index contributed by atoms with van der Waals surface area (Å²) in [6, 6.07) is -0.970. The molecule has 2 N–H and O–H groups in total. The van der Waals surface area contributed by atoms with Gasteiger partial charge in [0.05, 0.1) is 0 Å². The molecule has 1 atom stereocenters. The normalized spacial score (nSPS) is 12.2. The third kappa shape index (κ3) is 7.36. The Balaban J connectivity index is 4.50. The van der Waals surface area contributed by atoms with E-state index >= 15 is 0 Å². The maximum Gasteiger partial charge on any atom is 0.326 e. The summed E-state index contributed by atoms with van der Waals surface area (Å²) < 4.78 is 0. The second kappa shape index (κ2) is 10.5. The first-order chi connectivity index (χ1) is 9.43. The fraction of sp³-hybridized carbons (Fsp3) is 0.867. The number of unbranched alkanes of at least 4 members (excludes halogenated alkanes) is 3. The maximum absolute atomic E-state index is 12.2. The van der Waals surface area contributed by atoms with Crippen molar-refractivity contribution in [1.29, 1.82) is 0 Å². The molecule has 0 aromatic heterocycles. The summed E-state index contributed by atoms with van der Waals surface area (Å²) in [5, 5.41) is 11.8. The zero-order chi connectivity index (χ0) is 15.5. The molecule has 0 aromatic carbocycles. The molecule has 0 aliphatic rings. The summed E-state index contributed by atoms with van der Waals surface area (Å²) in [6.07, 6.45) is 5.34. The van der Waals surface area contributed by atoms with Crippen LogP contribution in [0, 0.1) is 0 Å². The van der Waals surface area contributed by atoms with Crippen LogP contribution in [0.5, 0.6) is 0 Å². The topological polar surface area (TPSA) is 69.6 Å². The van der Waals surface area contributed by atoms with Gasteiger partial charge in [-0.2, -0.15) is 0 Å².